The molecule has 2 rings (SSSR count). The minimum Gasteiger partial charge on any atom is -0.463 e. The molecule has 1 saturated heterocycles. The largest absolute Gasteiger partial charge is 0.463 e. The Kier molecular flexibility index (Phi) is 3.16. The summed E-state index contributed by atoms with van der Waals surface area (Å²) < 4.78 is 10.9. The van der Waals surface area contributed by atoms with Crippen LogP contribution in [-0.4, -0.2) is 12.9 Å². The van der Waals surface area contributed by atoms with Gasteiger partial charge in [0.05, 0.1) is 11.6 Å². The molecular weight excluding hydrogens is 223 g/mol. The monoisotopic (exact) mass is 232 g/mol. The summed E-state index contributed by atoms with van der Waals surface area (Å²) >= 11 is 11.7. The van der Waals surface area contributed by atoms with Crippen molar-refractivity contribution in [3.05, 3.63) is 28.2 Å². The number of hydrogen-bond donors (Lipinski definition) is 0. The quantitative estimate of drug-likeness (QED) is 0.778. The number of hydrogen-bond acceptors (Lipinski definition) is 2. The smallest absolute Gasteiger partial charge is 0.199 e. The van der Waals surface area contributed by atoms with Crippen LogP contribution in [0.3, 0.4) is 0 Å². The predicted octanol–water partition coefficient (Wildman–Crippen LogP) is 3.51. The van der Waals surface area contributed by atoms with Gasteiger partial charge in [0.1, 0.15) is 5.75 Å². The Hall–Kier alpha value is -0.440. The minimum absolute atomic E-state index is 0.159. The highest BCUT2D eigenvalue weighted by atomic mass is 35.5. The predicted molar refractivity (Wildman–Crippen MR) is 56.1 cm³/mol. The molecule has 0 saturated carbocycles. The summed E-state index contributed by atoms with van der Waals surface area (Å²) in [6.45, 7) is 0.760. The molecule has 1 aromatic carbocycles. The van der Waals surface area contributed by atoms with E-state index in [0.29, 0.717) is 15.8 Å². The third kappa shape index (κ3) is 2.32. The molecule has 0 spiro atoms. The zero-order valence-corrected chi connectivity index (χ0v) is 9.02. The number of rotatable bonds is 2. The van der Waals surface area contributed by atoms with Gasteiger partial charge in [0.2, 0.25) is 0 Å². The Morgan fingerprint density at radius 1 is 1.36 bits per heavy atom. The Balaban J connectivity index is 2.08. The maximum Gasteiger partial charge on any atom is 0.199 e. The van der Waals surface area contributed by atoms with Crippen molar-refractivity contribution in [3.63, 3.8) is 0 Å². The van der Waals surface area contributed by atoms with Gasteiger partial charge in [0, 0.05) is 11.4 Å². The summed E-state index contributed by atoms with van der Waals surface area (Å²) in [6, 6.07) is 5.16. The van der Waals surface area contributed by atoms with E-state index in [0.717, 1.165) is 19.4 Å². The van der Waals surface area contributed by atoms with E-state index in [9.17, 15) is 0 Å². The molecule has 1 aromatic rings. The van der Waals surface area contributed by atoms with Gasteiger partial charge < -0.3 is 9.47 Å². The molecule has 1 fully saturated rings. The molecule has 14 heavy (non-hydrogen) atoms. The van der Waals surface area contributed by atoms with Crippen LogP contribution in [0.5, 0.6) is 5.75 Å². The van der Waals surface area contributed by atoms with Crippen molar-refractivity contribution in [2.45, 2.75) is 19.1 Å². The molecule has 0 radical (unpaired) electrons. The van der Waals surface area contributed by atoms with E-state index in [1.165, 1.54) is 0 Å². The van der Waals surface area contributed by atoms with Gasteiger partial charge in [-0.15, -0.1) is 0 Å². The summed E-state index contributed by atoms with van der Waals surface area (Å²) in [5, 5.41) is 1.13. The summed E-state index contributed by atoms with van der Waals surface area (Å²) in [5.74, 6) is 0.628. The van der Waals surface area contributed by atoms with Crippen LogP contribution in [0.1, 0.15) is 12.8 Å². The maximum atomic E-state index is 5.94. The van der Waals surface area contributed by atoms with Crippen LogP contribution >= 0.6 is 23.2 Å². The molecule has 1 aliphatic rings. The van der Waals surface area contributed by atoms with E-state index in [2.05, 4.69) is 0 Å². The zero-order valence-electron chi connectivity index (χ0n) is 7.50. The molecule has 0 aromatic heterocycles. The molecule has 1 atom stereocenters. The van der Waals surface area contributed by atoms with Crippen LogP contribution in [-0.2, 0) is 4.74 Å². The molecule has 0 aliphatic carbocycles. The summed E-state index contributed by atoms with van der Waals surface area (Å²) in [5.41, 5.74) is 0. The van der Waals surface area contributed by atoms with Crippen molar-refractivity contribution in [1.82, 2.24) is 0 Å². The maximum absolute atomic E-state index is 5.94. The average Bonchev–Trinajstić information content (AvgIpc) is 2.62. The lowest BCUT2D eigenvalue weighted by Gasteiger charge is -2.13. The molecule has 0 bridgehead atoms. The van der Waals surface area contributed by atoms with Gasteiger partial charge in [0.15, 0.2) is 6.29 Å². The highest BCUT2D eigenvalue weighted by Crippen LogP contribution is 2.29. The van der Waals surface area contributed by atoms with Gasteiger partial charge in [-0.3, -0.25) is 0 Å². The number of halogens is 2. The van der Waals surface area contributed by atoms with Crippen molar-refractivity contribution in [2.24, 2.45) is 0 Å². The Morgan fingerprint density at radius 2 is 2.21 bits per heavy atom. The van der Waals surface area contributed by atoms with Crippen LogP contribution in [0, 0.1) is 0 Å². The fourth-order valence-electron chi connectivity index (χ4n) is 1.35. The van der Waals surface area contributed by atoms with Gasteiger partial charge >= 0.3 is 0 Å². The Morgan fingerprint density at radius 3 is 2.86 bits per heavy atom. The van der Waals surface area contributed by atoms with Gasteiger partial charge in [0.25, 0.3) is 0 Å². The summed E-state index contributed by atoms with van der Waals surface area (Å²) in [6.07, 6.45) is 1.79. The second-order valence-corrected chi connectivity index (χ2v) is 3.98. The fourth-order valence-corrected chi connectivity index (χ4v) is 1.81. The van der Waals surface area contributed by atoms with Crippen LogP contribution in [0.4, 0.5) is 0 Å². The van der Waals surface area contributed by atoms with Crippen molar-refractivity contribution < 1.29 is 9.47 Å². The van der Waals surface area contributed by atoms with Gasteiger partial charge in [-0.2, -0.15) is 0 Å². The molecule has 0 amide bonds. The molecule has 0 N–H and O–H groups in total. The van der Waals surface area contributed by atoms with E-state index in [1.807, 2.05) is 0 Å². The Bertz CT molecular complexity index is 322. The van der Waals surface area contributed by atoms with Crippen molar-refractivity contribution >= 4 is 23.2 Å². The van der Waals surface area contributed by atoms with Crippen molar-refractivity contribution in [2.75, 3.05) is 6.61 Å². The number of ether oxygens (including phenoxy) is 2. The summed E-state index contributed by atoms with van der Waals surface area (Å²) in [7, 11) is 0. The third-order valence-electron chi connectivity index (χ3n) is 2.04. The number of benzene rings is 1. The van der Waals surface area contributed by atoms with Gasteiger partial charge in [-0.05, 0) is 24.6 Å². The zero-order chi connectivity index (χ0) is 9.97. The fraction of sp³-hybridized carbons (Fsp3) is 0.400. The molecule has 76 valence electrons. The average molecular weight is 233 g/mol. The highest BCUT2D eigenvalue weighted by molar-refractivity contribution is 6.35. The first-order chi connectivity index (χ1) is 6.75. The molecule has 4 heteroatoms. The van der Waals surface area contributed by atoms with E-state index in [-0.39, 0.29) is 6.29 Å². The first kappa shape index (κ1) is 10.1. The van der Waals surface area contributed by atoms with Crippen LogP contribution < -0.4 is 4.74 Å². The standard InChI is InChI=1S/C10H10Cl2O2/c11-7-3-4-9(8(12)6-7)14-10-2-1-5-13-10/h3-4,6,10H,1-2,5H2. The summed E-state index contributed by atoms with van der Waals surface area (Å²) in [4.78, 5) is 0. The molecule has 1 aliphatic heterocycles. The highest BCUT2D eigenvalue weighted by Gasteiger charge is 2.17. The molecule has 1 unspecified atom stereocenters. The topological polar surface area (TPSA) is 18.5 Å². The first-order valence-electron chi connectivity index (χ1n) is 4.49. The van der Waals surface area contributed by atoms with Crippen molar-refractivity contribution in [3.8, 4) is 5.75 Å². The second kappa shape index (κ2) is 4.39. The normalized spacial score (nSPS) is 21.1. The molecule has 2 nitrogen and oxygen atoms in total. The van der Waals surface area contributed by atoms with Crippen molar-refractivity contribution in [1.29, 1.82) is 0 Å². The lowest BCUT2D eigenvalue weighted by atomic mass is 10.3. The van der Waals surface area contributed by atoms with Crippen LogP contribution in [0.25, 0.3) is 0 Å². The Labute approximate surface area is 92.7 Å². The van der Waals surface area contributed by atoms with E-state index in [4.69, 9.17) is 32.7 Å². The van der Waals surface area contributed by atoms with Crippen LogP contribution in [0.2, 0.25) is 10.0 Å². The first-order valence-corrected chi connectivity index (χ1v) is 5.24. The van der Waals surface area contributed by atoms with E-state index < -0.39 is 0 Å². The van der Waals surface area contributed by atoms with Gasteiger partial charge in [-0.25, -0.2) is 0 Å². The van der Waals surface area contributed by atoms with E-state index >= 15 is 0 Å². The SMILES string of the molecule is Clc1ccc(OC2CCCO2)c(Cl)c1. The third-order valence-corrected chi connectivity index (χ3v) is 2.57. The lowest BCUT2D eigenvalue weighted by molar-refractivity contribution is -0.0389. The van der Waals surface area contributed by atoms with Gasteiger partial charge in [-0.1, -0.05) is 23.2 Å². The second-order valence-electron chi connectivity index (χ2n) is 3.14. The van der Waals surface area contributed by atoms with Crippen LogP contribution in [0.15, 0.2) is 18.2 Å². The lowest BCUT2D eigenvalue weighted by Crippen LogP contribution is -2.13. The van der Waals surface area contributed by atoms with E-state index in [1.54, 1.807) is 18.2 Å². The minimum atomic E-state index is -0.159. The molecular formula is C10H10Cl2O2. The molecule has 1 heterocycles.